The fraction of sp³-hybridized carbons (Fsp3) is 0.500. The molecule has 4 nitrogen and oxygen atoms in total. The summed E-state index contributed by atoms with van der Waals surface area (Å²) in [5.41, 5.74) is 0.768. The van der Waals surface area contributed by atoms with Gasteiger partial charge in [-0.3, -0.25) is 4.79 Å². The molecule has 0 bridgehead atoms. The second-order valence-corrected chi connectivity index (χ2v) is 5.72. The first-order chi connectivity index (χ1) is 9.28. The zero-order valence-electron chi connectivity index (χ0n) is 11.1. The number of amides is 1. The lowest BCUT2D eigenvalue weighted by Crippen LogP contribution is -2.22. The van der Waals surface area contributed by atoms with Crippen LogP contribution in [0.25, 0.3) is 0 Å². The molecule has 0 spiro atoms. The van der Waals surface area contributed by atoms with Gasteiger partial charge in [-0.2, -0.15) is 0 Å². The Balaban J connectivity index is 1.76. The summed E-state index contributed by atoms with van der Waals surface area (Å²) in [6.07, 6.45) is 2.23. The van der Waals surface area contributed by atoms with Crippen LogP contribution < -0.4 is 10.1 Å². The minimum atomic E-state index is 0.0174. The maximum atomic E-state index is 11.8. The number of benzene rings is 1. The molecule has 1 aliphatic rings. The van der Waals surface area contributed by atoms with Crippen LogP contribution in [0.5, 0.6) is 5.75 Å². The van der Waals surface area contributed by atoms with Crippen molar-refractivity contribution in [2.45, 2.75) is 18.1 Å². The number of thioether (sulfide) groups is 1. The Bertz CT molecular complexity index is 419. The molecule has 5 heteroatoms. The highest BCUT2D eigenvalue weighted by Gasteiger charge is 2.15. The van der Waals surface area contributed by atoms with Gasteiger partial charge in [0.2, 0.25) is 5.91 Å². The Morgan fingerprint density at radius 3 is 3.21 bits per heavy atom. The number of hydrogen-bond donors (Lipinski definition) is 1. The molecule has 0 saturated carbocycles. The number of carbonyl (C=O) groups excluding carboxylic acids is 1. The molecular weight excluding hydrogens is 262 g/mol. The third-order valence-electron chi connectivity index (χ3n) is 2.92. The number of nitrogens with one attached hydrogen (secondary N) is 1. The van der Waals surface area contributed by atoms with Crippen molar-refractivity contribution in [1.82, 2.24) is 0 Å². The zero-order valence-corrected chi connectivity index (χ0v) is 11.9. The van der Waals surface area contributed by atoms with Gasteiger partial charge in [-0.15, -0.1) is 11.8 Å². The third-order valence-corrected chi connectivity index (χ3v) is 4.19. The summed E-state index contributed by atoms with van der Waals surface area (Å²) >= 11 is 1.67. The molecule has 104 valence electrons. The maximum absolute atomic E-state index is 11.8. The van der Waals surface area contributed by atoms with E-state index in [-0.39, 0.29) is 5.91 Å². The lowest BCUT2D eigenvalue weighted by atomic mass is 10.2. The van der Waals surface area contributed by atoms with E-state index in [9.17, 15) is 4.79 Å². The molecule has 1 amide bonds. The SMILES string of the molecule is COc1cccc(NC(=O)CS[C@H]2CCCOC2)c1. The van der Waals surface area contributed by atoms with Gasteiger partial charge in [-0.05, 0) is 25.0 Å². The maximum Gasteiger partial charge on any atom is 0.234 e. The fourth-order valence-electron chi connectivity index (χ4n) is 1.93. The van der Waals surface area contributed by atoms with Crippen molar-refractivity contribution in [3.63, 3.8) is 0 Å². The summed E-state index contributed by atoms with van der Waals surface area (Å²) in [7, 11) is 1.61. The topological polar surface area (TPSA) is 47.6 Å². The van der Waals surface area contributed by atoms with Crippen molar-refractivity contribution in [1.29, 1.82) is 0 Å². The number of ether oxygens (including phenoxy) is 2. The number of carbonyl (C=O) groups is 1. The van der Waals surface area contributed by atoms with E-state index in [1.807, 2.05) is 24.3 Å². The summed E-state index contributed by atoms with van der Waals surface area (Å²) < 4.78 is 10.5. The lowest BCUT2D eigenvalue weighted by molar-refractivity contribution is -0.113. The van der Waals surface area contributed by atoms with Gasteiger partial charge in [0.05, 0.1) is 19.5 Å². The zero-order chi connectivity index (χ0) is 13.5. The molecule has 1 atom stereocenters. The smallest absolute Gasteiger partial charge is 0.234 e. The molecule has 2 rings (SSSR count). The van der Waals surface area contributed by atoms with Crippen LogP contribution in [-0.4, -0.2) is 37.2 Å². The predicted molar refractivity (Wildman–Crippen MR) is 77.9 cm³/mol. The molecule has 1 fully saturated rings. The van der Waals surface area contributed by atoms with Crippen molar-refractivity contribution in [3.8, 4) is 5.75 Å². The number of rotatable bonds is 5. The number of methoxy groups -OCH3 is 1. The van der Waals surface area contributed by atoms with Crippen LogP contribution in [0.1, 0.15) is 12.8 Å². The van der Waals surface area contributed by atoms with Crippen molar-refractivity contribution in [3.05, 3.63) is 24.3 Å². The molecule has 1 aliphatic heterocycles. The Labute approximate surface area is 117 Å². The summed E-state index contributed by atoms with van der Waals surface area (Å²) in [5.74, 6) is 1.22. The average molecular weight is 281 g/mol. The summed E-state index contributed by atoms with van der Waals surface area (Å²) in [6, 6.07) is 7.38. The van der Waals surface area contributed by atoms with Crippen LogP contribution >= 0.6 is 11.8 Å². The molecule has 0 unspecified atom stereocenters. The largest absolute Gasteiger partial charge is 0.497 e. The molecule has 1 N–H and O–H groups in total. The number of hydrogen-bond acceptors (Lipinski definition) is 4. The molecule has 1 aromatic carbocycles. The first kappa shape index (κ1) is 14.2. The Morgan fingerprint density at radius 2 is 2.47 bits per heavy atom. The summed E-state index contributed by atoms with van der Waals surface area (Å²) in [6.45, 7) is 1.62. The van der Waals surface area contributed by atoms with E-state index < -0.39 is 0 Å². The third kappa shape index (κ3) is 4.76. The lowest BCUT2D eigenvalue weighted by Gasteiger charge is -2.21. The van der Waals surface area contributed by atoms with Crippen molar-refractivity contribution in [2.24, 2.45) is 0 Å². The molecule has 1 heterocycles. The first-order valence-electron chi connectivity index (χ1n) is 6.41. The van der Waals surface area contributed by atoms with Gasteiger partial charge < -0.3 is 14.8 Å². The van der Waals surface area contributed by atoms with Gasteiger partial charge >= 0.3 is 0 Å². The van der Waals surface area contributed by atoms with Crippen LogP contribution in [0.3, 0.4) is 0 Å². The van der Waals surface area contributed by atoms with Gasteiger partial charge in [-0.1, -0.05) is 6.07 Å². The van der Waals surface area contributed by atoms with Crippen LogP contribution in [0.4, 0.5) is 5.69 Å². The van der Waals surface area contributed by atoms with Gasteiger partial charge in [-0.25, -0.2) is 0 Å². The highest BCUT2D eigenvalue weighted by Crippen LogP contribution is 2.21. The fourth-order valence-corrected chi connectivity index (χ4v) is 2.92. The van der Waals surface area contributed by atoms with E-state index in [0.29, 0.717) is 11.0 Å². The minimum absolute atomic E-state index is 0.0174. The van der Waals surface area contributed by atoms with E-state index in [0.717, 1.165) is 37.5 Å². The molecule has 1 saturated heterocycles. The van der Waals surface area contributed by atoms with E-state index in [4.69, 9.17) is 9.47 Å². The van der Waals surface area contributed by atoms with Crippen LogP contribution in [-0.2, 0) is 9.53 Å². The van der Waals surface area contributed by atoms with Crippen molar-refractivity contribution in [2.75, 3.05) is 31.4 Å². The monoisotopic (exact) mass is 281 g/mol. The molecular formula is C14H19NO3S. The predicted octanol–water partition coefficient (Wildman–Crippen LogP) is 2.55. The van der Waals surface area contributed by atoms with Gasteiger partial charge in [0.1, 0.15) is 5.75 Å². The molecule has 0 aromatic heterocycles. The van der Waals surface area contributed by atoms with Gasteiger partial charge in [0, 0.05) is 23.6 Å². The second-order valence-electron chi connectivity index (χ2n) is 4.43. The van der Waals surface area contributed by atoms with Gasteiger partial charge in [0.15, 0.2) is 0 Å². The molecule has 19 heavy (non-hydrogen) atoms. The van der Waals surface area contributed by atoms with Crippen LogP contribution in [0.15, 0.2) is 24.3 Å². The average Bonchev–Trinajstić information content (AvgIpc) is 2.46. The van der Waals surface area contributed by atoms with Crippen LogP contribution in [0, 0.1) is 0 Å². The molecule has 1 aromatic rings. The van der Waals surface area contributed by atoms with E-state index in [1.165, 1.54) is 0 Å². The minimum Gasteiger partial charge on any atom is -0.497 e. The van der Waals surface area contributed by atoms with Crippen LogP contribution in [0.2, 0.25) is 0 Å². The summed E-state index contributed by atoms with van der Waals surface area (Å²) in [4.78, 5) is 11.8. The first-order valence-corrected chi connectivity index (χ1v) is 7.46. The standard InChI is InChI=1S/C14H19NO3S/c1-17-12-5-2-4-11(8-12)15-14(16)10-19-13-6-3-7-18-9-13/h2,4-5,8,13H,3,6-7,9-10H2,1H3,(H,15,16)/t13-/m0/s1. The molecule has 0 aliphatic carbocycles. The van der Waals surface area contributed by atoms with E-state index in [2.05, 4.69) is 5.32 Å². The normalized spacial score (nSPS) is 18.9. The quantitative estimate of drug-likeness (QED) is 0.901. The summed E-state index contributed by atoms with van der Waals surface area (Å²) in [5, 5.41) is 3.32. The van der Waals surface area contributed by atoms with E-state index >= 15 is 0 Å². The second kappa shape index (κ2) is 7.40. The Kier molecular flexibility index (Phi) is 5.54. The van der Waals surface area contributed by atoms with Gasteiger partial charge in [0.25, 0.3) is 0 Å². The highest BCUT2D eigenvalue weighted by molar-refractivity contribution is 8.00. The Hall–Kier alpha value is -1.20. The highest BCUT2D eigenvalue weighted by atomic mass is 32.2. The van der Waals surface area contributed by atoms with Crippen molar-refractivity contribution < 1.29 is 14.3 Å². The number of anilines is 1. The molecule has 0 radical (unpaired) electrons. The van der Waals surface area contributed by atoms with E-state index in [1.54, 1.807) is 18.9 Å². The Morgan fingerprint density at radius 1 is 1.58 bits per heavy atom. The van der Waals surface area contributed by atoms with Crippen molar-refractivity contribution >= 4 is 23.4 Å².